The van der Waals surface area contributed by atoms with E-state index in [1.165, 1.54) is 0 Å². The van der Waals surface area contributed by atoms with E-state index in [-0.39, 0.29) is 6.10 Å². The Morgan fingerprint density at radius 2 is 1.74 bits per heavy atom. The summed E-state index contributed by atoms with van der Waals surface area (Å²) in [6, 6.07) is 6.50. The molecule has 0 heterocycles. The summed E-state index contributed by atoms with van der Waals surface area (Å²) in [5.74, 6) is 0.641. The predicted molar refractivity (Wildman–Crippen MR) is 64.0 cm³/mol. The summed E-state index contributed by atoms with van der Waals surface area (Å²) in [5, 5.41) is 9.66. The van der Waals surface area contributed by atoms with E-state index in [1.54, 1.807) is 24.3 Å². The van der Waals surface area contributed by atoms with Crippen molar-refractivity contribution in [2.45, 2.75) is 32.2 Å². The molecule has 0 aromatic heterocycles. The number of alkyl halides is 3. The van der Waals surface area contributed by atoms with Crippen LogP contribution in [0.15, 0.2) is 24.3 Å². The van der Waals surface area contributed by atoms with Gasteiger partial charge in [-0.05, 0) is 31.5 Å². The Morgan fingerprint density at radius 1 is 1.16 bits per heavy atom. The molecular formula is C13H17F3O3. The molecule has 0 saturated heterocycles. The highest BCUT2D eigenvalue weighted by Crippen LogP contribution is 2.20. The lowest BCUT2D eigenvalue weighted by atomic mass is 10.1. The summed E-state index contributed by atoms with van der Waals surface area (Å²) < 4.78 is 45.4. The molecule has 6 heteroatoms. The average Bonchev–Trinajstić information content (AvgIpc) is 2.27. The maximum Gasteiger partial charge on any atom is 0.411 e. The summed E-state index contributed by atoms with van der Waals surface area (Å²) in [7, 11) is 0. The first-order valence-electron chi connectivity index (χ1n) is 5.87. The zero-order valence-electron chi connectivity index (χ0n) is 10.8. The number of halogens is 3. The van der Waals surface area contributed by atoms with Crippen molar-refractivity contribution in [2.75, 3.05) is 13.2 Å². The van der Waals surface area contributed by atoms with Crippen LogP contribution < -0.4 is 4.74 Å². The minimum absolute atomic E-state index is 0.0332. The second-order valence-electron chi connectivity index (χ2n) is 4.38. The standard InChI is InChI=1S/C13H17F3O3/c1-9(2)19-11-5-3-10(4-6-11)12(17)7-18-8-13(14,15)16/h3-6,9,12,17H,7-8H2,1-2H3. The smallest absolute Gasteiger partial charge is 0.411 e. The summed E-state index contributed by atoms with van der Waals surface area (Å²) in [5.41, 5.74) is 0.485. The lowest BCUT2D eigenvalue weighted by molar-refractivity contribution is -0.179. The summed E-state index contributed by atoms with van der Waals surface area (Å²) >= 11 is 0. The monoisotopic (exact) mass is 278 g/mol. The molecule has 0 bridgehead atoms. The van der Waals surface area contributed by atoms with Gasteiger partial charge in [0.25, 0.3) is 0 Å². The van der Waals surface area contributed by atoms with Crippen molar-refractivity contribution < 1.29 is 27.8 Å². The third-order valence-electron chi connectivity index (χ3n) is 2.18. The van der Waals surface area contributed by atoms with E-state index in [0.717, 1.165) is 0 Å². The molecule has 1 rings (SSSR count). The first kappa shape index (κ1) is 15.8. The minimum atomic E-state index is -4.38. The summed E-state index contributed by atoms with van der Waals surface area (Å²) in [6.45, 7) is 2.00. The fourth-order valence-electron chi connectivity index (χ4n) is 1.42. The Kier molecular flexibility index (Phi) is 5.62. The topological polar surface area (TPSA) is 38.7 Å². The van der Waals surface area contributed by atoms with Crippen LogP contribution in [0.5, 0.6) is 5.75 Å². The molecule has 1 atom stereocenters. The molecule has 0 aliphatic carbocycles. The molecule has 0 aliphatic heterocycles. The summed E-state index contributed by atoms with van der Waals surface area (Å²) in [6.07, 6.45) is -5.43. The van der Waals surface area contributed by atoms with Crippen LogP contribution in [-0.2, 0) is 4.74 Å². The van der Waals surface area contributed by atoms with E-state index >= 15 is 0 Å². The minimum Gasteiger partial charge on any atom is -0.491 e. The van der Waals surface area contributed by atoms with Gasteiger partial charge >= 0.3 is 6.18 Å². The molecule has 0 aliphatic rings. The molecule has 1 aromatic carbocycles. The molecule has 0 fully saturated rings. The normalized spacial score (nSPS) is 13.6. The van der Waals surface area contributed by atoms with Gasteiger partial charge in [-0.3, -0.25) is 0 Å². The highest BCUT2D eigenvalue weighted by Gasteiger charge is 2.27. The zero-order chi connectivity index (χ0) is 14.5. The lowest BCUT2D eigenvalue weighted by Crippen LogP contribution is -2.19. The highest BCUT2D eigenvalue weighted by molar-refractivity contribution is 5.28. The van der Waals surface area contributed by atoms with Crippen LogP contribution in [0, 0.1) is 0 Å². The molecule has 0 amide bonds. The molecule has 3 nitrogen and oxygen atoms in total. The van der Waals surface area contributed by atoms with E-state index in [4.69, 9.17) is 4.74 Å². The first-order chi connectivity index (χ1) is 8.78. The van der Waals surface area contributed by atoms with Gasteiger partial charge in [0.1, 0.15) is 18.5 Å². The van der Waals surface area contributed by atoms with Gasteiger partial charge in [-0.1, -0.05) is 12.1 Å². The number of benzene rings is 1. The van der Waals surface area contributed by atoms with Gasteiger partial charge < -0.3 is 14.6 Å². The molecule has 108 valence electrons. The quantitative estimate of drug-likeness (QED) is 0.869. The van der Waals surface area contributed by atoms with Gasteiger partial charge in [-0.25, -0.2) is 0 Å². The second kappa shape index (κ2) is 6.77. The van der Waals surface area contributed by atoms with Crippen LogP contribution in [0.3, 0.4) is 0 Å². The third kappa shape index (κ3) is 6.45. The van der Waals surface area contributed by atoms with Crippen LogP contribution in [0.1, 0.15) is 25.5 Å². The SMILES string of the molecule is CC(C)Oc1ccc(C(O)COCC(F)(F)F)cc1. The van der Waals surface area contributed by atoms with Gasteiger partial charge in [-0.2, -0.15) is 13.2 Å². The van der Waals surface area contributed by atoms with Crippen molar-refractivity contribution in [1.29, 1.82) is 0 Å². The van der Waals surface area contributed by atoms with Crippen LogP contribution in [0.2, 0.25) is 0 Å². The van der Waals surface area contributed by atoms with Crippen molar-refractivity contribution in [2.24, 2.45) is 0 Å². The molecular weight excluding hydrogens is 261 g/mol. The molecule has 1 aromatic rings. The van der Waals surface area contributed by atoms with Gasteiger partial charge in [0, 0.05) is 0 Å². The second-order valence-corrected chi connectivity index (χ2v) is 4.38. The maximum atomic E-state index is 11.9. The Morgan fingerprint density at radius 3 is 2.21 bits per heavy atom. The Hall–Kier alpha value is -1.27. The predicted octanol–water partition coefficient (Wildman–Crippen LogP) is 3.09. The Bertz CT molecular complexity index is 374. The molecule has 1 N–H and O–H groups in total. The largest absolute Gasteiger partial charge is 0.491 e. The molecule has 1 unspecified atom stereocenters. The van der Waals surface area contributed by atoms with Crippen molar-refractivity contribution in [3.63, 3.8) is 0 Å². The number of aliphatic hydroxyl groups is 1. The molecule has 0 radical (unpaired) electrons. The van der Waals surface area contributed by atoms with Gasteiger partial charge in [0.05, 0.1) is 12.7 Å². The summed E-state index contributed by atoms with van der Waals surface area (Å²) in [4.78, 5) is 0. The van der Waals surface area contributed by atoms with E-state index < -0.39 is 25.5 Å². The molecule has 0 spiro atoms. The first-order valence-corrected chi connectivity index (χ1v) is 5.87. The van der Waals surface area contributed by atoms with Crippen LogP contribution in [0.4, 0.5) is 13.2 Å². The van der Waals surface area contributed by atoms with Crippen molar-refractivity contribution >= 4 is 0 Å². The lowest BCUT2D eigenvalue weighted by Gasteiger charge is -2.14. The Balaban J connectivity index is 2.46. The fraction of sp³-hybridized carbons (Fsp3) is 0.538. The Labute approximate surface area is 110 Å². The van der Waals surface area contributed by atoms with E-state index in [2.05, 4.69) is 4.74 Å². The van der Waals surface area contributed by atoms with Crippen LogP contribution in [0.25, 0.3) is 0 Å². The van der Waals surface area contributed by atoms with Crippen LogP contribution >= 0.6 is 0 Å². The highest BCUT2D eigenvalue weighted by atomic mass is 19.4. The fourth-order valence-corrected chi connectivity index (χ4v) is 1.42. The van der Waals surface area contributed by atoms with Gasteiger partial charge in [0.15, 0.2) is 0 Å². The number of hydrogen-bond acceptors (Lipinski definition) is 3. The van der Waals surface area contributed by atoms with Crippen molar-refractivity contribution in [3.05, 3.63) is 29.8 Å². The molecule has 0 saturated carbocycles. The van der Waals surface area contributed by atoms with Gasteiger partial charge in [0.2, 0.25) is 0 Å². The van der Waals surface area contributed by atoms with E-state index in [9.17, 15) is 18.3 Å². The molecule has 19 heavy (non-hydrogen) atoms. The zero-order valence-corrected chi connectivity index (χ0v) is 10.8. The van der Waals surface area contributed by atoms with E-state index in [0.29, 0.717) is 11.3 Å². The number of ether oxygens (including phenoxy) is 2. The maximum absolute atomic E-state index is 11.9. The average molecular weight is 278 g/mol. The van der Waals surface area contributed by atoms with Crippen LogP contribution in [-0.4, -0.2) is 30.6 Å². The number of aliphatic hydroxyl groups excluding tert-OH is 1. The third-order valence-corrected chi connectivity index (χ3v) is 2.18. The number of rotatable bonds is 6. The van der Waals surface area contributed by atoms with Crippen molar-refractivity contribution in [1.82, 2.24) is 0 Å². The van der Waals surface area contributed by atoms with E-state index in [1.807, 2.05) is 13.8 Å². The van der Waals surface area contributed by atoms with Crippen molar-refractivity contribution in [3.8, 4) is 5.75 Å². The number of hydrogen-bond donors (Lipinski definition) is 1. The van der Waals surface area contributed by atoms with Gasteiger partial charge in [-0.15, -0.1) is 0 Å².